The molecule has 6 heteroatoms. The molecule has 1 aromatic rings. The number of nitrogens with one attached hydrogen (secondary N) is 2. The predicted molar refractivity (Wildman–Crippen MR) is 77.8 cm³/mol. The second-order valence-corrected chi connectivity index (χ2v) is 5.18. The van der Waals surface area contributed by atoms with Crippen LogP contribution in [0.4, 0.5) is 10.5 Å². The summed E-state index contributed by atoms with van der Waals surface area (Å²) in [6.07, 6.45) is 0. The van der Waals surface area contributed by atoms with Crippen LogP contribution in [0.2, 0.25) is 0 Å². The van der Waals surface area contributed by atoms with Crippen LogP contribution in [-0.2, 0) is 4.74 Å². The number of esters is 1. The van der Waals surface area contributed by atoms with E-state index in [9.17, 15) is 9.59 Å². The van der Waals surface area contributed by atoms with E-state index in [2.05, 4.69) is 38.0 Å². The van der Waals surface area contributed by atoms with E-state index in [0.717, 1.165) is 3.57 Å². The fourth-order valence-corrected chi connectivity index (χ4v) is 1.82. The molecule has 2 N–H and O–H groups in total. The zero-order chi connectivity index (χ0) is 13.7. The Morgan fingerprint density at radius 2 is 2.00 bits per heavy atom. The largest absolute Gasteiger partial charge is 0.465 e. The first-order chi connectivity index (χ1) is 8.43. The molecule has 98 valence electrons. The Morgan fingerprint density at radius 3 is 2.56 bits per heavy atom. The lowest BCUT2D eigenvalue weighted by molar-refractivity contribution is 0.0602. The molecule has 0 atom stereocenters. The van der Waals surface area contributed by atoms with E-state index in [1.54, 1.807) is 18.2 Å². The highest BCUT2D eigenvalue weighted by molar-refractivity contribution is 14.1. The van der Waals surface area contributed by atoms with Gasteiger partial charge in [-0.1, -0.05) is 0 Å². The third-order valence-electron chi connectivity index (χ3n) is 2.05. The van der Waals surface area contributed by atoms with E-state index in [1.807, 2.05) is 13.8 Å². The molecular weight excluding hydrogens is 347 g/mol. The van der Waals surface area contributed by atoms with Crippen LogP contribution in [0.25, 0.3) is 0 Å². The summed E-state index contributed by atoms with van der Waals surface area (Å²) in [5.41, 5.74) is 0.767. The van der Waals surface area contributed by atoms with Crippen molar-refractivity contribution in [3.8, 4) is 0 Å². The number of carbonyl (C=O) groups is 2. The number of urea groups is 1. The summed E-state index contributed by atoms with van der Waals surface area (Å²) >= 11 is 2.09. The molecule has 18 heavy (non-hydrogen) atoms. The van der Waals surface area contributed by atoms with Gasteiger partial charge in [-0.15, -0.1) is 0 Å². The van der Waals surface area contributed by atoms with Gasteiger partial charge in [-0.2, -0.15) is 0 Å². The number of benzene rings is 1. The average Bonchev–Trinajstić information content (AvgIpc) is 2.29. The molecular formula is C12H15IN2O3. The number of amides is 2. The van der Waals surface area contributed by atoms with Crippen molar-refractivity contribution >= 4 is 40.3 Å². The van der Waals surface area contributed by atoms with Gasteiger partial charge in [0.1, 0.15) is 0 Å². The van der Waals surface area contributed by atoms with Gasteiger partial charge in [-0.25, -0.2) is 9.59 Å². The molecule has 0 spiro atoms. The van der Waals surface area contributed by atoms with Gasteiger partial charge < -0.3 is 15.4 Å². The van der Waals surface area contributed by atoms with E-state index in [0.29, 0.717) is 11.3 Å². The summed E-state index contributed by atoms with van der Waals surface area (Å²) in [5.74, 6) is -0.478. The van der Waals surface area contributed by atoms with Crippen molar-refractivity contribution in [3.63, 3.8) is 0 Å². The highest BCUT2D eigenvalue weighted by Gasteiger charge is 2.14. The second kappa shape index (κ2) is 6.58. The minimum atomic E-state index is -0.478. The van der Waals surface area contributed by atoms with Gasteiger partial charge in [0, 0.05) is 9.61 Å². The van der Waals surface area contributed by atoms with Crippen molar-refractivity contribution in [3.05, 3.63) is 27.3 Å². The van der Waals surface area contributed by atoms with Crippen LogP contribution < -0.4 is 10.6 Å². The Morgan fingerprint density at radius 1 is 1.33 bits per heavy atom. The van der Waals surface area contributed by atoms with Gasteiger partial charge in [0.2, 0.25) is 0 Å². The van der Waals surface area contributed by atoms with Crippen molar-refractivity contribution in [2.45, 2.75) is 19.9 Å². The third kappa shape index (κ3) is 4.17. The Kier molecular flexibility index (Phi) is 5.39. The number of rotatable bonds is 3. The first-order valence-corrected chi connectivity index (χ1v) is 6.47. The second-order valence-electron chi connectivity index (χ2n) is 3.93. The number of halogens is 1. The fourth-order valence-electron chi connectivity index (χ4n) is 1.32. The molecule has 0 aromatic heterocycles. The van der Waals surface area contributed by atoms with Gasteiger partial charge in [0.05, 0.1) is 18.4 Å². The monoisotopic (exact) mass is 362 g/mol. The quantitative estimate of drug-likeness (QED) is 0.642. The highest BCUT2D eigenvalue weighted by atomic mass is 127. The van der Waals surface area contributed by atoms with Crippen molar-refractivity contribution in [2.24, 2.45) is 0 Å². The van der Waals surface area contributed by atoms with Crippen LogP contribution >= 0.6 is 22.6 Å². The zero-order valence-corrected chi connectivity index (χ0v) is 12.6. The van der Waals surface area contributed by atoms with Crippen LogP contribution in [0.3, 0.4) is 0 Å². The molecule has 0 saturated heterocycles. The van der Waals surface area contributed by atoms with E-state index in [-0.39, 0.29) is 12.1 Å². The number of ether oxygens (including phenoxy) is 1. The fraction of sp³-hybridized carbons (Fsp3) is 0.333. The molecule has 0 unspecified atom stereocenters. The molecule has 0 aliphatic heterocycles. The first-order valence-electron chi connectivity index (χ1n) is 5.39. The van der Waals surface area contributed by atoms with Gasteiger partial charge >= 0.3 is 12.0 Å². The lowest BCUT2D eigenvalue weighted by atomic mass is 10.2. The molecule has 0 aliphatic carbocycles. The molecule has 0 saturated carbocycles. The lowest BCUT2D eigenvalue weighted by Gasteiger charge is -2.12. The van der Waals surface area contributed by atoms with Crippen LogP contribution in [-0.4, -0.2) is 25.2 Å². The standard InChI is InChI=1S/C12H15IN2O3/c1-7(2)14-12(17)15-10-5-4-8(13)6-9(10)11(16)18-3/h4-7H,1-3H3,(H2,14,15,17). The minimum absolute atomic E-state index is 0.0235. The number of hydrogen-bond donors (Lipinski definition) is 2. The molecule has 5 nitrogen and oxygen atoms in total. The smallest absolute Gasteiger partial charge is 0.340 e. The van der Waals surface area contributed by atoms with Gasteiger partial charge in [0.15, 0.2) is 0 Å². The lowest BCUT2D eigenvalue weighted by Crippen LogP contribution is -2.34. The van der Waals surface area contributed by atoms with Gasteiger partial charge in [-0.3, -0.25) is 0 Å². The van der Waals surface area contributed by atoms with Crippen LogP contribution in [0.5, 0.6) is 0 Å². The Hall–Kier alpha value is -1.31. The molecule has 0 bridgehead atoms. The minimum Gasteiger partial charge on any atom is -0.465 e. The summed E-state index contributed by atoms with van der Waals surface area (Å²) in [6.45, 7) is 3.71. The molecule has 0 fully saturated rings. The highest BCUT2D eigenvalue weighted by Crippen LogP contribution is 2.19. The average molecular weight is 362 g/mol. The van der Waals surface area contributed by atoms with Crippen LogP contribution in [0.1, 0.15) is 24.2 Å². The Balaban J connectivity index is 2.94. The van der Waals surface area contributed by atoms with Gasteiger partial charge in [-0.05, 0) is 54.6 Å². The van der Waals surface area contributed by atoms with Crippen molar-refractivity contribution < 1.29 is 14.3 Å². The topological polar surface area (TPSA) is 67.4 Å². The van der Waals surface area contributed by atoms with Crippen LogP contribution in [0, 0.1) is 3.57 Å². The van der Waals surface area contributed by atoms with E-state index >= 15 is 0 Å². The van der Waals surface area contributed by atoms with Crippen molar-refractivity contribution in [2.75, 3.05) is 12.4 Å². The number of anilines is 1. The maximum Gasteiger partial charge on any atom is 0.340 e. The Bertz CT molecular complexity index is 461. The SMILES string of the molecule is COC(=O)c1cc(I)ccc1NC(=O)NC(C)C. The Labute approximate surface area is 119 Å². The third-order valence-corrected chi connectivity index (χ3v) is 2.73. The molecule has 1 aromatic carbocycles. The molecule has 0 radical (unpaired) electrons. The summed E-state index contributed by atoms with van der Waals surface area (Å²) in [7, 11) is 1.31. The number of carbonyl (C=O) groups excluding carboxylic acids is 2. The molecule has 0 aliphatic rings. The van der Waals surface area contributed by atoms with E-state index < -0.39 is 5.97 Å². The van der Waals surface area contributed by atoms with E-state index in [4.69, 9.17) is 0 Å². The summed E-state index contributed by atoms with van der Waals surface area (Å²) in [4.78, 5) is 23.2. The molecule has 1 rings (SSSR count). The summed E-state index contributed by atoms with van der Waals surface area (Å²) in [5, 5.41) is 5.32. The normalized spacial score (nSPS) is 10.1. The number of hydrogen-bond acceptors (Lipinski definition) is 3. The first kappa shape index (κ1) is 14.7. The van der Waals surface area contributed by atoms with Crippen molar-refractivity contribution in [1.29, 1.82) is 0 Å². The molecule has 2 amide bonds. The van der Waals surface area contributed by atoms with Crippen molar-refractivity contribution in [1.82, 2.24) is 5.32 Å². The predicted octanol–water partition coefficient (Wildman–Crippen LogP) is 2.61. The zero-order valence-electron chi connectivity index (χ0n) is 10.4. The van der Waals surface area contributed by atoms with Crippen LogP contribution in [0.15, 0.2) is 18.2 Å². The summed E-state index contributed by atoms with van der Waals surface area (Å²) in [6, 6.07) is 4.82. The van der Waals surface area contributed by atoms with E-state index in [1.165, 1.54) is 7.11 Å². The maximum atomic E-state index is 11.6. The number of methoxy groups -OCH3 is 1. The van der Waals surface area contributed by atoms with Gasteiger partial charge in [0.25, 0.3) is 0 Å². The maximum absolute atomic E-state index is 11.6. The molecule has 0 heterocycles. The summed E-state index contributed by atoms with van der Waals surface area (Å²) < 4.78 is 5.57.